The normalized spacial score (nSPS) is 12.9. The third kappa shape index (κ3) is 13.9. The summed E-state index contributed by atoms with van der Waals surface area (Å²) in [5.74, 6) is -1.44. The van der Waals surface area contributed by atoms with E-state index in [1.54, 1.807) is 24.3 Å². The lowest BCUT2D eigenvalue weighted by atomic mass is 10.0. The number of hydrogen-bond donors (Lipinski definition) is 5. The summed E-state index contributed by atoms with van der Waals surface area (Å²) < 4.78 is 0. The van der Waals surface area contributed by atoms with Gasteiger partial charge in [-0.25, -0.2) is 0 Å². The second-order valence-corrected chi connectivity index (χ2v) is 9.45. The van der Waals surface area contributed by atoms with E-state index in [-0.39, 0.29) is 61.5 Å². The average Bonchev–Trinajstić information content (AvgIpc) is 3.43. The van der Waals surface area contributed by atoms with Crippen LogP contribution in [0.3, 0.4) is 0 Å². The molecule has 1 aliphatic rings. The highest BCUT2D eigenvalue weighted by Crippen LogP contribution is 2.12. The van der Waals surface area contributed by atoms with Crippen LogP contribution in [0.2, 0.25) is 0 Å². The van der Waals surface area contributed by atoms with Gasteiger partial charge in [0, 0.05) is 57.0 Å². The molecule has 1 aromatic rings. The van der Waals surface area contributed by atoms with Gasteiger partial charge in [-0.15, -0.1) is 0 Å². The Morgan fingerprint density at radius 1 is 0.872 bits per heavy atom. The van der Waals surface area contributed by atoms with Crippen LogP contribution >= 0.6 is 0 Å². The van der Waals surface area contributed by atoms with Crippen molar-refractivity contribution < 1.29 is 29.1 Å². The van der Waals surface area contributed by atoms with E-state index in [1.807, 2.05) is 12.3 Å². The second-order valence-electron chi connectivity index (χ2n) is 9.45. The Morgan fingerprint density at radius 2 is 1.59 bits per heavy atom. The number of amides is 4. The Hall–Kier alpha value is -4.02. The van der Waals surface area contributed by atoms with Gasteiger partial charge in [-0.05, 0) is 37.0 Å². The first-order chi connectivity index (χ1) is 18.7. The van der Waals surface area contributed by atoms with Gasteiger partial charge >= 0.3 is 0 Å². The van der Waals surface area contributed by atoms with Gasteiger partial charge in [-0.2, -0.15) is 0 Å². The summed E-state index contributed by atoms with van der Waals surface area (Å²) >= 11 is 0. The predicted molar refractivity (Wildman–Crippen MR) is 147 cm³/mol. The first-order valence-electron chi connectivity index (χ1n) is 13.4. The Kier molecular flexibility index (Phi) is 14.0. The number of Topliss-reactive ketones (excluding diaryl/α,β-unsaturated/α-hetero) is 1. The number of nitrogens with one attached hydrogen (secondary N) is 3. The van der Waals surface area contributed by atoms with Gasteiger partial charge in [0.1, 0.15) is 11.8 Å². The van der Waals surface area contributed by atoms with Gasteiger partial charge in [0.2, 0.25) is 23.6 Å². The van der Waals surface area contributed by atoms with Gasteiger partial charge in [0.05, 0.1) is 6.54 Å². The number of aliphatic imine (C=N–C) groups is 1. The Morgan fingerprint density at radius 3 is 2.26 bits per heavy atom. The van der Waals surface area contributed by atoms with Crippen LogP contribution in [0.15, 0.2) is 41.0 Å². The summed E-state index contributed by atoms with van der Waals surface area (Å²) in [5, 5.41) is 17.3. The number of unbranched alkanes of at least 4 members (excludes halogenated alkanes) is 2. The van der Waals surface area contributed by atoms with Crippen molar-refractivity contribution in [1.29, 1.82) is 0 Å². The molecule has 1 aromatic carbocycles. The molecule has 1 unspecified atom stereocenters. The van der Waals surface area contributed by atoms with Crippen molar-refractivity contribution in [2.75, 3.05) is 13.1 Å². The fraction of sp³-hybridized carbons (Fsp3) is 0.500. The summed E-state index contributed by atoms with van der Waals surface area (Å²) in [4.78, 5) is 63.9. The summed E-state index contributed by atoms with van der Waals surface area (Å²) in [6.07, 6.45) is 8.50. The number of aryl methyl sites for hydroxylation is 1. The van der Waals surface area contributed by atoms with E-state index >= 15 is 0 Å². The van der Waals surface area contributed by atoms with Crippen molar-refractivity contribution in [3.8, 4) is 5.75 Å². The van der Waals surface area contributed by atoms with Crippen molar-refractivity contribution in [3.63, 3.8) is 0 Å². The number of carbonyl (C=O) groups excluding carboxylic acids is 5. The molecule has 0 spiro atoms. The van der Waals surface area contributed by atoms with E-state index < -0.39 is 11.9 Å². The van der Waals surface area contributed by atoms with Crippen molar-refractivity contribution in [2.24, 2.45) is 10.7 Å². The molecule has 0 aliphatic carbocycles. The van der Waals surface area contributed by atoms with Crippen molar-refractivity contribution in [1.82, 2.24) is 16.0 Å². The second kappa shape index (κ2) is 17.5. The fourth-order valence-electron chi connectivity index (χ4n) is 3.92. The maximum absolute atomic E-state index is 12.2. The van der Waals surface area contributed by atoms with E-state index in [4.69, 9.17) is 5.73 Å². The molecule has 0 aromatic heterocycles. The molecule has 1 atom stereocenters. The van der Waals surface area contributed by atoms with Crippen molar-refractivity contribution >= 4 is 35.6 Å². The maximum Gasteiger partial charge on any atom is 0.239 e. The molecule has 0 fully saturated rings. The minimum absolute atomic E-state index is 0.00906. The number of aromatic hydroxyl groups is 1. The van der Waals surface area contributed by atoms with Gasteiger partial charge in [0.25, 0.3) is 0 Å². The number of rotatable bonds is 19. The molecule has 39 heavy (non-hydrogen) atoms. The molecule has 2 rings (SSSR count). The molecule has 4 amide bonds. The highest BCUT2D eigenvalue weighted by molar-refractivity contribution is 5.88. The minimum Gasteiger partial charge on any atom is -0.508 e. The fourth-order valence-corrected chi connectivity index (χ4v) is 3.92. The molecule has 0 bridgehead atoms. The summed E-state index contributed by atoms with van der Waals surface area (Å²) in [5.41, 5.74) is 7.27. The van der Waals surface area contributed by atoms with Crippen LogP contribution in [-0.2, 0) is 30.4 Å². The molecule has 1 aliphatic heterocycles. The van der Waals surface area contributed by atoms with Crippen LogP contribution in [0.5, 0.6) is 5.75 Å². The van der Waals surface area contributed by atoms with Gasteiger partial charge in [0.15, 0.2) is 5.78 Å². The Bertz CT molecular complexity index is 1050. The van der Waals surface area contributed by atoms with Gasteiger partial charge in [-0.3, -0.25) is 29.0 Å². The number of benzene rings is 1. The van der Waals surface area contributed by atoms with E-state index in [9.17, 15) is 29.1 Å². The molecule has 0 saturated carbocycles. The topological polar surface area (TPSA) is 180 Å². The first kappa shape index (κ1) is 31.2. The zero-order chi connectivity index (χ0) is 28.5. The van der Waals surface area contributed by atoms with E-state index in [2.05, 4.69) is 20.9 Å². The zero-order valence-electron chi connectivity index (χ0n) is 22.2. The maximum atomic E-state index is 12.2. The van der Waals surface area contributed by atoms with Crippen LogP contribution in [0.25, 0.3) is 0 Å². The third-order valence-electron chi connectivity index (χ3n) is 6.19. The lowest BCUT2D eigenvalue weighted by Gasteiger charge is -2.15. The molecule has 11 nitrogen and oxygen atoms in total. The molecular weight excluding hydrogens is 502 g/mol. The summed E-state index contributed by atoms with van der Waals surface area (Å²) in [6, 6.07) is 5.78. The molecule has 0 radical (unpaired) electrons. The number of allylic oxidation sites excluding steroid dienone is 1. The minimum atomic E-state index is -0.780. The predicted octanol–water partition coefficient (Wildman–Crippen LogP) is 1.58. The monoisotopic (exact) mass is 541 g/mol. The number of nitrogens with zero attached hydrogens (tertiary/aromatic N) is 1. The van der Waals surface area contributed by atoms with Gasteiger partial charge < -0.3 is 26.8 Å². The quantitative estimate of drug-likeness (QED) is 0.166. The Labute approximate surface area is 228 Å². The molecule has 212 valence electrons. The number of carbonyl (C=O) groups is 5. The SMILES string of the molecule is NC(=O)C(CCCCCC(=O)CNC(=O)CCC(=O)NCCC1=CCC=N1)NC(=O)CCc1ccc(O)cc1. The molecule has 1 heterocycles. The average molecular weight is 542 g/mol. The van der Waals surface area contributed by atoms with Crippen LogP contribution in [0, 0.1) is 0 Å². The molecule has 11 heteroatoms. The number of ketones is 1. The lowest BCUT2D eigenvalue weighted by Crippen LogP contribution is -2.44. The smallest absolute Gasteiger partial charge is 0.239 e. The number of hydrogen-bond acceptors (Lipinski definition) is 7. The first-order valence-corrected chi connectivity index (χ1v) is 13.4. The number of phenolic OH excluding ortho intramolecular Hbond substituents is 1. The summed E-state index contributed by atoms with van der Waals surface area (Å²) in [7, 11) is 0. The molecular formula is C28H39N5O6. The third-order valence-corrected chi connectivity index (χ3v) is 6.19. The van der Waals surface area contributed by atoms with Crippen LogP contribution in [0.4, 0.5) is 0 Å². The molecule has 0 saturated heterocycles. The van der Waals surface area contributed by atoms with Crippen molar-refractivity contribution in [3.05, 3.63) is 41.6 Å². The van der Waals surface area contributed by atoms with Gasteiger partial charge in [-0.1, -0.05) is 31.1 Å². The highest BCUT2D eigenvalue weighted by Gasteiger charge is 2.17. The summed E-state index contributed by atoms with van der Waals surface area (Å²) in [6.45, 7) is 0.378. The van der Waals surface area contributed by atoms with Crippen LogP contribution < -0.4 is 21.7 Å². The Balaban J connectivity index is 1.50. The van der Waals surface area contributed by atoms with E-state index in [1.165, 1.54) is 0 Å². The zero-order valence-corrected chi connectivity index (χ0v) is 22.2. The van der Waals surface area contributed by atoms with E-state index in [0.29, 0.717) is 45.1 Å². The largest absolute Gasteiger partial charge is 0.508 e. The number of phenols is 1. The van der Waals surface area contributed by atoms with Crippen LogP contribution in [0.1, 0.15) is 69.8 Å². The van der Waals surface area contributed by atoms with E-state index in [0.717, 1.165) is 17.7 Å². The number of primary amides is 1. The number of nitrogens with two attached hydrogens (primary N) is 1. The lowest BCUT2D eigenvalue weighted by molar-refractivity contribution is -0.127. The van der Waals surface area contributed by atoms with Crippen molar-refractivity contribution in [2.45, 2.75) is 76.7 Å². The standard InChI is InChI=1S/C28H39N5O6/c29-28(39)24(33-27(38)13-10-20-8-11-22(34)12-9-20)7-3-1-2-6-23(35)19-32-26(37)15-14-25(36)31-18-16-21-5-4-17-30-21/h5,8-9,11-12,17,24,34H,1-4,6-7,10,13-16,18-19H2,(H2,29,39)(H,31,36)(H,32,37)(H,33,38). The van der Waals surface area contributed by atoms with Crippen LogP contribution in [-0.4, -0.2) is 59.9 Å². The highest BCUT2D eigenvalue weighted by atomic mass is 16.3. The molecule has 6 N–H and O–H groups in total.